The lowest BCUT2D eigenvalue weighted by Gasteiger charge is -2.20. The second-order valence-corrected chi connectivity index (χ2v) is 6.04. The Labute approximate surface area is 124 Å². The van der Waals surface area contributed by atoms with Gasteiger partial charge < -0.3 is 5.32 Å². The van der Waals surface area contributed by atoms with Gasteiger partial charge in [-0.1, -0.05) is 24.3 Å². The normalized spacial score (nSPS) is 12.4. The molecule has 0 aromatic heterocycles. The third-order valence-electron chi connectivity index (χ3n) is 3.34. The number of hydrogen-bond donors (Lipinski definition) is 1. The molecule has 0 saturated heterocycles. The summed E-state index contributed by atoms with van der Waals surface area (Å²) in [5, 5.41) is 3.23. The van der Waals surface area contributed by atoms with Crippen molar-refractivity contribution in [2.75, 3.05) is 12.8 Å². The van der Waals surface area contributed by atoms with E-state index >= 15 is 0 Å². The molecule has 0 spiro atoms. The molecule has 1 N–H and O–H groups in total. The molecule has 0 aliphatic rings. The van der Waals surface area contributed by atoms with Crippen molar-refractivity contribution >= 4 is 11.8 Å². The molecule has 0 amide bonds. The van der Waals surface area contributed by atoms with Crippen LogP contribution in [0.3, 0.4) is 0 Å². The highest BCUT2D eigenvalue weighted by Crippen LogP contribution is 2.28. The van der Waals surface area contributed by atoms with Crippen LogP contribution in [0.1, 0.15) is 22.7 Å². The Balaban J connectivity index is 2.17. The van der Waals surface area contributed by atoms with Crippen molar-refractivity contribution in [1.29, 1.82) is 0 Å². The van der Waals surface area contributed by atoms with Gasteiger partial charge in [-0.05, 0) is 50.2 Å². The maximum Gasteiger partial charge on any atom is 0.128 e. The van der Waals surface area contributed by atoms with Crippen LogP contribution in [0.5, 0.6) is 0 Å². The van der Waals surface area contributed by atoms with E-state index in [0.717, 1.165) is 22.4 Å². The van der Waals surface area contributed by atoms with E-state index in [1.165, 1.54) is 4.90 Å². The maximum atomic E-state index is 14.2. The highest BCUT2D eigenvalue weighted by molar-refractivity contribution is 7.99. The van der Waals surface area contributed by atoms with Crippen LogP contribution < -0.4 is 5.32 Å². The number of halogens is 1. The van der Waals surface area contributed by atoms with Crippen molar-refractivity contribution in [2.24, 2.45) is 0 Å². The predicted octanol–water partition coefficient (Wildman–Crippen LogP) is 4.50. The topological polar surface area (TPSA) is 12.0 Å². The van der Waals surface area contributed by atoms with Crippen molar-refractivity contribution in [3.8, 4) is 0 Å². The van der Waals surface area contributed by atoms with Gasteiger partial charge in [0.1, 0.15) is 5.82 Å². The van der Waals surface area contributed by atoms with E-state index in [-0.39, 0.29) is 11.9 Å². The van der Waals surface area contributed by atoms with E-state index < -0.39 is 0 Å². The molecule has 0 fully saturated rings. The summed E-state index contributed by atoms with van der Waals surface area (Å²) in [5.41, 5.74) is 2.76. The summed E-state index contributed by atoms with van der Waals surface area (Å²) in [5.74, 6) is 0.692. The Morgan fingerprint density at radius 3 is 2.45 bits per heavy atom. The Kier molecular flexibility index (Phi) is 5.21. The average Bonchev–Trinajstić information content (AvgIpc) is 2.42. The molecule has 1 unspecified atom stereocenters. The van der Waals surface area contributed by atoms with Gasteiger partial charge in [0.25, 0.3) is 0 Å². The quantitative estimate of drug-likeness (QED) is 0.814. The largest absolute Gasteiger partial charge is 0.312 e. The summed E-state index contributed by atoms with van der Waals surface area (Å²) in [6.07, 6.45) is 0. The summed E-state index contributed by atoms with van der Waals surface area (Å²) in [6, 6.07) is 13.9. The van der Waals surface area contributed by atoms with E-state index in [0.29, 0.717) is 0 Å². The van der Waals surface area contributed by atoms with Gasteiger partial charge in [-0.3, -0.25) is 0 Å². The SMILES string of the molecule is CNC(CSc1ccccc1)c1c(C)cc(C)cc1F. The first-order chi connectivity index (χ1) is 9.61. The molecule has 0 aliphatic heterocycles. The molecule has 1 nitrogen and oxygen atoms in total. The van der Waals surface area contributed by atoms with Crippen LogP contribution in [0.4, 0.5) is 4.39 Å². The van der Waals surface area contributed by atoms with E-state index in [1.807, 2.05) is 45.2 Å². The lowest BCUT2D eigenvalue weighted by Crippen LogP contribution is -2.21. The van der Waals surface area contributed by atoms with Crippen LogP contribution >= 0.6 is 11.8 Å². The Morgan fingerprint density at radius 2 is 1.85 bits per heavy atom. The fraction of sp³-hybridized carbons (Fsp3) is 0.294. The highest BCUT2D eigenvalue weighted by atomic mass is 32.2. The smallest absolute Gasteiger partial charge is 0.128 e. The van der Waals surface area contributed by atoms with Crippen LogP contribution in [0.25, 0.3) is 0 Å². The molecule has 0 saturated carbocycles. The fourth-order valence-corrected chi connectivity index (χ4v) is 3.42. The van der Waals surface area contributed by atoms with E-state index in [9.17, 15) is 4.39 Å². The van der Waals surface area contributed by atoms with Crippen LogP contribution in [0.15, 0.2) is 47.4 Å². The standard InChI is InChI=1S/C17H20FNS/c1-12-9-13(2)17(15(18)10-12)16(19-3)11-20-14-7-5-4-6-8-14/h4-10,16,19H,11H2,1-3H3. The molecular formula is C17H20FNS. The molecule has 1 atom stereocenters. The Hall–Kier alpha value is -1.32. The van der Waals surface area contributed by atoms with E-state index in [4.69, 9.17) is 0 Å². The van der Waals surface area contributed by atoms with Gasteiger partial charge >= 0.3 is 0 Å². The predicted molar refractivity (Wildman–Crippen MR) is 84.8 cm³/mol. The molecule has 2 aromatic carbocycles. The first-order valence-corrected chi connectivity index (χ1v) is 7.72. The van der Waals surface area contributed by atoms with Crippen molar-refractivity contribution in [3.63, 3.8) is 0 Å². The third kappa shape index (κ3) is 3.62. The molecule has 20 heavy (non-hydrogen) atoms. The van der Waals surface area contributed by atoms with Crippen LogP contribution in [0.2, 0.25) is 0 Å². The van der Waals surface area contributed by atoms with Gasteiger partial charge in [0.05, 0.1) is 0 Å². The number of nitrogens with one attached hydrogen (secondary N) is 1. The fourth-order valence-electron chi connectivity index (χ4n) is 2.38. The zero-order valence-electron chi connectivity index (χ0n) is 12.1. The summed E-state index contributed by atoms with van der Waals surface area (Å²) in [4.78, 5) is 1.21. The molecule has 0 radical (unpaired) electrons. The zero-order valence-corrected chi connectivity index (χ0v) is 12.9. The molecule has 0 heterocycles. The van der Waals surface area contributed by atoms with Gasteiger partial charge in [0.15, 0.2) is 0 Å². The van der Waals surface area contributed by atoms with Gasteiger partial charge in [-0.15, -0.1) is 11.8 Å². The lowest BCUT2D eigenvalue weighted by molar-refractivity contribution is 0.561. The van der Waals surface area contributed by atoms with Crippen molar-refractivity contribution in [2.45, 2.75) is 24.8 Å². The zero-order chi connectivity index (χ0) is 14.5. The van der Waals surface area contributed by atoms with E-state index in [2.05, 4.69) is 17.4 Å². The van der Waals surface area contributed by atoms with Crippen molar-refractivity contribution in [1.82, 2.24) is 5.32 Å². The molecule has 0 bridgehead atoms. The molecular weight excluding hydrogens is 269 g/mol. The average molecular weight is 289 g/mol. The number of aryl methyl sites for hydroxylation is 2. The summed E-state index contributed by atoms with van der Waals surface area (Å²) >= 11 is 1.74. The minimum absolute atomic E-state index is 0.0146. The van der Waals surface area contributed by atoms with Gasteiger partial charge in [-0.25, -0.2) is 4.39 Å². The molecule has 2 aromatic rings. The van der Waals surface area contributed by atoms with Crippen molar-refractivity contribution < 1.29 is 4.39 Å². The Morgan fingerprint density at radius 1 is 1.15 bits per heavy atom. The second-order valence-electron chi connectivity index (χ2n) is 4.94. The Bertz CT molecular complexity index is 545. The van der Waals surface area contributed by atoms with Crippen LogP contribution in [-0.4, -0.2) is 12.8 Å². The van der Waals surface area contributed by atoms with Crippen LogP contribution in [-0.2, 0) is 0 Å². The molecule has 0 aliphatic carbocycles. The number of benzene rings is 2. The number of rotatable bonds is 5. The summed E-state index contributed by atoms with van der Waals surface area (Å²) in [6.45, 7) is 3.90. The van der Waals surface area contributed by atoms with Gasteiger partial charge in [-0.2, -0.15) is 0 Å². The monoisotopic (exact) mass is 289 g/mol. The number of thioether (sulfide) groups is 1. The first kappa shape index (κ1) is 15.1. The number of hydrogen-bond acceptors (Lipinski definition) is 2. The third-order valence-corrected chi connectivity index (χ3v) is 4.44. The summed E-state index contributed by atoms with van der Waals surface area (Å²) in [7, 11) is 1.88. The minimum atomic E-state index is -0.115. The minimum Gasteiger partial charge on any atom is -0.312 e. The maximum absolute atomic E-state index is 14.2. The van der Waals surface area contributed by atoms with E-state index in [1.54, 1.807) is 17.8 Å². The second kappa shape index (κ2) is 6.91. The summed E-state index contributed by atoms with van der Waals surface area (Å²) < 4.78 is 14.2. The molecule has 2 rings (SSSR count). The van der Waals surface area contributed by atoms with Gasteiger partial charge in [0, 0.05) is 22.3 Å². The lowest BCUT2D eigenvalue weighted by atomic mass is 9.99. The van der Waals surface area contributed by atoms with Crippen molar-refractivity contribution in [3.05, 3.63) is 65.0 Å². The molecule has 3 heteroatoms. The molecule has 106 valence electrons. The van der Waals surface area contributed by atoms with Crippen LogP contribution in [0, 0.1) is 19.7 Å². The van der Waals surface area contributed by atoms with Gasteiger partial charge in [0.2, 0.25) is 0 Å². The highest BCUT2D eigenvalue weighted by Gasteiger charge is 2.17. The first-order valence-electron chi connectivity index (χ1n) is 6.73.